The van der Waals surface area contributed by atoms with Gasteiger partial charge in [0.2, 0.25) is 0 Å². The quantitative estimate of drug-likeness (QED) is 0.503. The third-order valence-corrected chi connectivity index (χ3v) is 6.51. The van der Waals surface area contributed by atoms with Gasteiger partial charge < -0.3 is 14.8 Å². The number of nitrogens with one attached hydrogen (secondary N) is 2. The maximum atomic E-state index is 12.5. The summed E-state index contributed by atoms with van der Waals surface area (Å²) in [5.74, 6) is 0.728. The van der Waals surface area contributed by atoms with E-state index >= 15 is 0 Å². The lowest BCUT2D eigenvalue weighted by atomic mass is 9.93. The Bertz CT molecular complexity index is 948. The van der Waals surface area contributed by atoms with Gasteiger partial charge in [-0.2, -0.15) is 0 Å². The number of thiophene rings is 1. The molecule has 5 nitrogen and oxygen atoms in total. The standard InChI is InChI=1S/C24H28N2O3S/c1-17(14-18-10-12-28-13-11-18)25-16-20-7-2-4-8-21(20)26-24(27)29-23-15-19-6-3-5-9-22(19)30-23/h2-9,15,17-18,25H,10-14,16H2,1H3,(H,26,27). The summed E-state index contributed by atoms with van der Waals surface area (Å²) in [6.07, 6.45) is 2.97. The topological polar surface area (TPSA) is 59.6 Å². The first-order chi connectivity index (χ1) is 14.7. The minimum absolute atomic E-state index is 0.409. The number of para-hydroxylation sites is 1. The summed E-state index contributed by atoms with van der Waals surface area (Å²) in [5.41, 5.74) is 1.82. The van der Waals surface area contributed by atoms with Crippen LogP contribution in [-0.2, 0) is 11.3 Å². The number of hydrogen-bond acceptors (Lipinski definition) is 5. The second-order valence-electron chi connectivity index (χ2n) is 7.85. The van der Waals surface area contributed by atoms with Crippen LogP contribution in [0.4, 0.5) is 10.5 Å². The van der Waals surface area contributed by atoms with Crippen molar-refractivity contribution in [3.63, 3.8) is 0 Å². The van der Waals surface area contributed by atoms with Crippen LogP contribution >= 0.6 is 11.3 Å². The Morgan fingerprint density at radius 2 is 1.93 bits per heavy atom. The van der Waals surface area contributed by atoms with Crippen molar-refractivity contribution in [1.82, 2.24) is 5.32 Å². The molecule has 1 aromatic heterocycles. The molecule has 2 aromatic carbocycles. The molecule has 2 heterocycles. The summed E-state index contributed by atoms with van der Waals surface area (Å²) in [4.78, 5) is 12.5. The molecule has 1 atom stereocenters. The number of anilines is 1. The van der Waals surface area contributed by atoms with Gasteiger partial charge in [0.1, 0.15) is 0 Å². The van der Waals surface area contributed by atoms with Crippen LogP contribution in [0.25, 0.3) is 10.1 Å². The predicted octanol–water partition coefficient (Wildman–Crippen LogP) is 5.81. The summed E-state index contributed by atoms with van der Waals surface area (Å²) in [6, 6.07) is 18.1. The van der Waals surface area contributed by atoms with Gasteiger partial charge in [0, 0.05) is 42.3 Å². The molecule has 1 aliphatic rings. The van der Waals surface area contributed by atoms with Gasteiger partial charge in [-0.05, 0) is 55.2 Å². The molecule has 0 spiro atoms. The monoisotopic (exact) mass is 424 g/mol. The van der Waals surface area contributed by atoms with E-state index in [9.17, 15) is 4.79 Å². The fourth-order valence-electron chi connectivity index (χ4n) is 3.88. The third-order valence-electron chi connectivity index (χ3n) is 5.52. The zero-order chi connectivity index (χ0) is 20.8. The van der Waals surface area contributed by atoms with Gasteiger partial charge in [0.25, 0.3) is 0 Å². The molecule has 1 aliphatic heterocycles. The van der Waals surface area contributed by atoms with Crippen molar-refractivity contribution in [1.29, 1.82) is 0 Å². The number of benzene rings is 2. The van der Waals surface area contributed by atoms with Gasteiger partial charge in [-0.25, -0.2) is 4.79 Å². The molecule has 1 unspecified atom stereocenters. The van der Waals surface area contributed by atoms with E-state index in [0.29, 0.717) is 17.6 Å². The Hall–Kier alpha value is -2.41. The van der Waals surface area contributed by atoms with E-state index in [1.54, 1.807) is 0 Å². The van der Waals surface area contributed by atoms with Crippen molar-refractivity contribution in [3.8, 4) is 5.06 Å². The normalized spacial score (nSPS) is 15.8. The number of fused-ring (bicyclic) bond motifs is 1. The highest BCUT2D eigenvalue weighted by Crippen LogP contribution is 2.31. The van der Waals surface area contributed by atoms with Crippen LogP contribution in [0.3, 0.4) is 0 Å². The van der Waals surface area contributed by atoms with Crippen LogP contribution in [-0.4, -0.2) is 25.3 Å². The van der Waals surface area contributed by atoms with Crippen molar-refractivity contribution in [2.75, 3.05) is 18.5 Å². The van der Waals surface area contributed by atoms with E-state index in [4.69, 9.17) is 9.47 Å². The lowest BCUT2D eigenvalue weighted by Gasteiger charge is -2.25. The van der Waals surface area contributed by atoms with Gasteiger partial charge in [0.15, 0.2) is 5.06 Å². The summed E-state index contributed by atoms with van der Waals surface area (Å²) in [6.45, 7) is 4.68. The van der Waals surface area contributed by atoms with Gasteiger partial charge in [-0.3, -0.25) is 5.32 Å². The van der Waals surface area contributed by atoms with Crippen molar-refractivity contribution in [2.24, 2.45) is 5.92 Å². The van der Waals surface area contributed by atoms with Crippen molar-refractivity contribution in [3.05, 3.63) is 60.2 Å². The molecule has 0 radical (unpaired) electrons. The summed E-state index contributed by atoms with van der Waals surface area (Å²) in [7, 11) is 0. The Kier molecular flexibility index (Phi) is 7.00. The molecule has 1 amide bonds. The molecule has 4 rings (SSSR count). The molecule has 1 saturated heterocycles. The minimum Gasteiger partial charge on any atom is -0.399 e. The Morgan fingerprint density at radius 3 is 2.77 bits per heavy atom. The second kappa shape index (κ2) is 10.1. The average Bonchev–Trinajstić information content (AvgIpc) is 3.16. The van der Waals surface area contributed by atoms with E-state index in [-0.39, 0.29) is 0 Å². The SMILES string of the molecule is CC(CC1CCOCC1)NCc1ccccc1NC(=O)Oc1cc2ccccc2s1. The average molecular weight is 425 g/mol. The Labute approximate surface area is 181 Å². The number of amides is 1. The van der Waals surface area contributed by atoms with Crippen LogP contribution in [0, 0.1) is 5.92 Å². The number of hydrogen-bond donors (Lipinski definition) is 2. The zero-order valence-corrected chi connectivity index (χ0v) is 18.0. The fourth-order valence-corrected chi connectivity index (χ4v) is 4.79. The highest BCUT2D eigenvalue weighted by atomic mass is 32.1. The minimum atomic E-state index is -0.468. The molecule has 3 aromatic rings. The summed E-state index contributed by atoms with van der Waals surface area (Å²) < 4.78 is 12.1. The summed E-state index contributed by atoms with van der Waals surface area (Å²) >= 11 is 1.47. The predicted molar refractivity (Wildman–Crippen MR) is 122 cm³/mol. The first-order valence-corrected chi connectivity index (χ1v) is 11.4. The number of carbonyl (C=O) groups excluding carboxylic acids is 1. The van der Waals surface area contributed by atoms with Gasteiger partial charge in [0.05, 0.1) is 0 Å². The van der Waals surface area contributed by atoms with E-state index in [1.165, 1.54) is 11.3 Å². The zero-order valence-electron chi connectivity index (χ0n) is 17.2. The molecule has 2 N–H and O–H groups in total. The van der Waals surface area contributed by atoms with Crippen LogP contribution in [0.1, 0.15) is 31.7 Å². The molecule has 0 saturated carbocycles. The van der Waals surface area contributed by atoms with Gasteiger partial charge in [-0.15, -0.1) is 0 Å². The summed E-state index contributed by atoms with van der Waals surface area (Å²) in [5, 5.41) is 8.16. The molecular formula is C24H28N2O3S. The van der Waals surface area contributed by atoms with E-state index in [0.717, 1.165) is 59.7 Å². The second-order valence-corrected chi connectivity index (χ2v) is 8.89. The van der Waals surface area contributed by atoms with Gasteiger partial charge in [-0.1, -0.05) is 47.7 Å². The van der Waals surface area contributed by atoms with Crippen LogP contribution in [0.15, 0.2) is 54.6 Å². The van der Waals surface area contributed by atoms with Gasteiger partial charge >= 0.3 is 6.09 Å². The Balaban J connectivity index is 1.32. The van der Waals surface area contributed by atoms with Crippen molar-refractivity contribution >= 4 is 33.2 Å². The molecule has 6 heteroatoms. The lowest BCUT2D eigenvalue weighted by Crippen LogP contribution is -2.30. The molecule has 158 valence electrons. The van der Waals surface area contributed by atoms with Crippen LogP contribution < -0.4 is 15.4 Å². The number of carbonyl (C=O) groups is 1. The molecule has 0 bridgehead atoms. The largest absolute Gasteiger partial charge is 0.417 e. The first kappa shape index (κ1) is 20.8. The maximum Gasteiger partial charge on any atom is 0.417 e. The van der Waals surface area contributed by atoms with Crippen molar-refractivity contribution in [2.45, 2.75) is 38.8 Å². The Morgan fingerprint density at radius 1 is 1.17 bits per heavy atom. The van der Waals surface area contributed by atoms with Crippen LogP contribution in [0.2, 0.25) is 0 Å². The van der Waals surface area contributed by atoms with Crippen LogP contribution in [0.5, 0.6) is 5.06 Å². The fraction of sp³-hybridized carbons (Fsp3) is 0.375. The van der Waals surface area contributed by atoms with Crippen molar-refractivity contribution < 1.29 is 14.3 Å². The molecular weight excluding hydrogens is 396 g/mol. The third kappa shape index (κ3) is 5.59. The number of rotatable bonds is 7. The van der Waals surface area contributed by atoms with E-state index in [1.807, 2.05) is 54.6 Å². The maximum absolute atomic E-state index is 12.5. The van der Waals surface area contributed by atoms with E-state index < -0.39 is 6.09 Å². The first-order valence-electron chi connectivity index (χ1n) is 10.5. The lowest BCUT2D eigenvalue weighted by molar-refractivity contribution is 0.0611. The van der Waals surface area contributed by atoms with E-state index in [2.05, 4.69) is 17.6 Å². The number of ether oxygens (including phenoxy) is 2. The molecule has 0 aliphatic carbocycles. The highest BCUT2D eigenvalue weighted by molar-refractivity contribution is 7.20. The molecule has 1 fully saturated rings. The molecule has 30 heavy (non-hydrogen) atoms. The highest BCUT2D eigenvalue weighted by Gasteiger charge is 2.17. The smallest absolute Gasteiger partial charge is 0.399 e.